The molecule has 2 bridgehead atoms. The molecule has 3 fully saturated rings. The van der Waals surface area contributed by atoms with Gasteiger partial charge in [-0.25, -0.2) is 0 Å². The van der Waals surface area contributed by atoms with Crippen molar-refractivity contribution in [1.29, 1.82) is 0 Å². The zero-order valence-corrected chi connectivity index (χ0v) is 11.6. The van der Waals surface area contributed by atoms with Crippen LogP contribution >= 0.6 is 0 Å². The second-order valence-corrected chi connectivity index (χ2v) is 7.68. The third kappa shape index (κ3) is 0.903. The Balaban J connectivity index is 2.10. The van der Waals surface area contributed by atoms with Gasteiger partial charge in [0.25, 0.3) is 0 Å². The van der Waals surface area contributed by atoms with Crippen molar-refractivity contribution in [2.45, 2.75) is 58.9 Å². The summed E-state index contributed by atoms with van der Waals surface area (Å²) in [5.74, 6) is 0.992. The van der Waals surface area contributed by atoms with Gasteiger partial charge in [-0.2, -0.15) is 0 Å². The Bertz CT molecular complexity index is 313. The Hall–Kier alpha value is -0.0400. The molecule has 0 aromatic rings. The zero-order chi connectivity index (χ0) is 11.8. The summed E-state index contributed by atoms with van der Waals surface area (Å²) in [6.07, 6.45) is 7.43. The van der Waals surface area contributed by atoms with Crippen LogP contribution in [-0.2, 0) is 0 Å². The molecule has 3 atom stereocenters. The molecule has 3 aliphatic carbocycles. The molecule has 1 spiro atoms. The van der Waals surface area contributed by atoms with Crippen molar-refractivity contribution in [2.24, 2.45) is 22.2 Å². The molecule has 0 N–H and O–H groups in total. The van der Waals surface area contributed by atoms with E-state index in [0.29, 0.717) is 16.2 Å². The van der Waals surface area contributed by atoms with Crippen LogP contribution < -0.4 is 0 Å². The predicted molar refractivity (Wildman–Crippen MR) is 68.4 cm³/mol. The highest BCUT2D eigenvalue weighted by Crippen LogP contribution is 2.77. The molecule has 0 aromatic carbocycles. The second-order valence-electron chi connectivity index (χ2n) is 7.68. The average molecular weight is 221 g/mol. The van der Waals surface area contributed by atoms with Crippen molar-refractivity contribution in [3.8, 4) is 0 Å². The van der Waals surface area contributed by atoms with Crippen LogP contribution in [0.4, 0.5) is 0 Å². The lowest BCUT2D eigenvalue weighted by molar-refractivity contribution is -0.0480. The molecule has 3 aliphatic rings. The van der Waals surface area contributed by atoms with Gasteiger partial charge in [0.1, 0.15) is 0 Å². The van der Waals surface area contributed by atoms with E-state index in [2.05, 4.69) is 39.8 Å². The fourth-order valence-electron chi connectivity index (χ4n) is 6.14. The maximum absolute atomic E-state index is 2.57. The van der Waals surface area contributed by atoms with Gasteiger partial charge in [0.05, 0.1) is 0 Å². The van der Waals surface area contributed by atoms with Crippen molar-refractivity contribution in [1.82, 2.24) is 4.90 Å². The third-order valence-corrected chi connectivity index (χ3v) is 6.94. The standard InChI is InChI=1S/C15H27N/c1-13(2)11-7-10-14(13,3)12(16(4)5)15(11)8-6-9-15/h11-12H,6-10H2,1-5H3/t11-,12?,14-/m1/s1. The summed E-state index contributed by atoms with van der Waals surface area (Å²) in [6.45, 7) is 7.67. The quantitative estimate of drug-likeness (QED) is 0.654. The first-order valence-electron chi connectivity index (χ1n) is 7.03. The van der Waals surface area contributed by atoms with Gasteiger partial charge in [0, 0.05) is 6.04 Å². The summed E-state index contributed by atoms with van der Waals surface area (Å²) in [4.78, 5) is 2.56. The van der Waals surface area contributed by atoms with Gasteiger partial charge in [0.2, 0.25) is 0 Å². The molecule has 0 radical (unpaired) electrons. The SMILES string of the molecule is CN(C)C1C2(CCC2)[C@@H]2CC[C@@]1(C)C2(C)C. The molecule has 3 saturated carbocycles. The maximum atomic E-state index is 2.57. The van der Waals surface area contributed by atoms with E-state index in [-0.39, 0.29) is 0 Å². The first-order valence-corrected chi connectivity index (χ1v) is 7.03. The normalized spacial score (nSPS) is 47.6. The minimum atomic E-state index is 0.557. The second kappa shape index (κ2) is 2.85. The van der Waals surface area contributed by atoms with Gasteiger partial charge in [-0.1, -0.05) is 27.2 Å². The van der Waals surface area contributed by atoms with Crippen LogP contribution in [0.15, 0.2) is 0 Å². The Kier molecular flexibility index (Phi) is 1.98. The fourth-order valence-corrected chi connectivity index (χ4v) is 6.14. The highest BCUT2D eigenvalue weighted by molar-refractivity contribution is 5.24. The van der Waals surface area contributed by atoms with E-state index < -0.39 is 0 Å². The smallest absolute Gasteiger partial charge is 0.0207 e. The van der Waals surface area contributed by atoms with E-state index in [9.17, 15) is 0 Å². The molecule has 1 nitrogen and oxygen atoms in total. The average Bonchev–Trinajstić information content (AvgIpc) is 2.42. The van der Waals surface area contributed by atoms with Crippen LogP contribution in [0.2, 0.25) is 0 Å². The number of hydrogen-bond donors (Lipinski definition) is 0. The molecule has 0 aliphatic heterocycles. The molecule has 0 aromatic heterocycles. The summed E-state index contributed by atoms with van der Waals surface area (Å²) < 4.78 is 0. The van der Waals surface area contributed by atoms with Crippen molar-refractivity contribution in [3.63, 3.8) is 0 Å². The molecule has 1 unspecified atom stereocenters. The van der Waals surface area contributed by atoms with Crippen molar-refractivity contribution < 1.29 is 0 Å². The largest absolute Gasteiger partial charge is 0.305 e. The van der Waals surface area contributed by atoms with E-state index >= 15 is 0 Å². The van der Waals surface area contributed by atoms with Gasteiger partial charge < -0.3 is 4.90 Å². The molecule has 16 heavy (non-hydrogen) atoms. The van der Waals surface area contributed by atoms with E-state index in [0.717, 1.165) is 12.0 Å². The van der Waals surface area contributed by atoms with Crippen LogP contribution in [0.1, 0.15) is 52.9 Å². The Morgan fingerprint density at radius 1 is 1.00 bits per heavy atom. The number of fused-ring (bicyclic) bond motifs is 3. The third-order valence-electron chi connectivity index (χ3n) is 6.94. The molecule has 0 heterocycles. The fraction of sp³-hybridized carbons (Fsp3) is 1.00. The topological polar surface area (TPSA) is 3.24 Å². The summed E-state index contributed by atoms with van der Waals surface area (Å²) in [6, 6.07) is 0.836. The molecule has 0 amide bonds. The van der Waals surface area contributed by atoms with Crippen LogP contribution in [0.5, 0.6) is 0 Å². The summed E-state index contributed by atoms with van der Waals surface area (Å²) >= 11 is 0. The molecule has 3 rings (SSSR count). The predicted octanol–water partition coefficient (Wildman–Crippen LogP) is 3.54. The lowest BCUT2D eigenvalue weighted by atomic mass is 9.55. The highest BCUT2D eigenvalue weighted by atomic mass is 15.2. The Morgan fingerprint density at radius 2 is 1.62 bits per heavy atom. The molecular formula is C15H27N. The number of nitrogens with zero attached hydrogens (tertiary/aromatic N) is 1. The number of hydrogen-bond acceptors (Lipinski definition) is 1. The van der Waals surface area contributed by atoms with Crippen LogP contribution in [0, 0.1) is 22.2 Å². The van der Waals surface area contributed by atoms with Gasteiger partial charge in [-0.3, -0.25) is 0 Å². The lowest BCUT2D eigenvalue weighted by Gasteiger charge is -2.55. The van der Waals surface area contributed by atoms with Crippen molar-refractivity contribution in [3.05, 3.63) is 0 Å². The van der Waals surface area contributed by atoms with Crippen LogP contribution in [-0.4, -0.2) is 25.0 Å². The molecule has 92 valence electrons. The minimum Gasteiger partial charge on any atom is -0.305 e. The van der Waals surface area contributed by atoms with Gasteiger partial charge in [-0.15, -0.1) is 0 Å². The lowest BCUT2D eigenvalue weighted by Crippen LogP contribution is -2.55. The van der Waals surface area contributed by atoms with Crippen molar-refractivity contribution >= 4 is 0 Å². The van der Waals surface area contributed by atoms with E-state index in [4.69, 9.17) is 0 Å². The minimum absolute atomic E-state index is 0.557. The van der Waals surface area contributed by atoms with Crippen LogP contribution in [0.25, 0.3) is 0 Å². The van der Waals surface area contributed by atoms with Gasteiger partial charge in [0.15, 0.2) is 0 Å². The van der Waals surface area contributed by atoms with Crippen molar-refractivity contribution in [2.75, 3.05) is 14.1 Å². The summed E-state index contributed by atoms with van der Waals surface area (Å²) in [5.41, 5.74) is 1.81. The van der Waals surface area contributed by atoms with Gasteiger partial charge in [-0.05, 0) is 61.9 Å². The first kappa shape index (κ1) is 11.1. The number of rotatable bonds is 1. The monoisotopic (exact) mass is 221 g/mol. The van der Waals surface area contributed by atoms with Crippen LogP contribution in [0.3, 0.4) is 0 Å². The van der Waals surface area contributed by atoms with E-state index in [1.807, 2.05) is 0 Å². The zero-order valence-electron chi connectivity index (χ0n) is 11.6. The molecular weight excluding hydrogens is 194 g/mol. The summed E-state index contributed by atoms with van der Waals surface area (Å²) in [7, 11) is 4.62. The Labute approximate surface area is 101 Å². The first-order chi connectivity index (χ1) is 7.36. The molecule has 1 heteroatoms. The van der Waals surface area contributed by atoms with E-state index in [1.54, 1.807) is 0 Å². The van der Waals surface area contributed by atoms with E-state index in [1.165, 1.54) is 32.1 Å². The summed E-state index contributed by atoms with van der Waals surface area (Å²) in [5, 5.41) is 0. The Morgan fingerprint density at radius 3 is 2.00 bits per heavy atom. The van der Waals surface area contributed by atoms with Gasteiger partial charge >= 0.3 is 0 Å². The maximum Gasteiger partial charge on any atom is 0.0207 e. The molecule has 0 saturated heterocycles. The highest BCUT2D eigenvalue weighted by Gasteiger charge is 2.73.